The predicted octanol–water partition coefficient (Wildman–Crippen LogP) is 3.23. The average Bonchev–Trinajstić information content (AvgIpc) is 3.39. The molecule has 1 fully saturated rings. The highest BCUT2D eigenvalue weighted by atomic mass is 16.5. The smallest absolute Gasteiger partial charge is 0.274 e. The monoisotopic (exact) mass is 391 g/mol. The zero-order valence-corrected chi connectivity index (χ0v) is 16.4. The van der Waals surface area contributed by atoms with Crippen molar-refractivity contribution < 1.29 is 9.53 Å². The normalized spacial score (nSPS) is 15.0. The van der Waals surface area contributed by atoms with E-state index < -0.39 is 0 Å². The van der Waals surface area contributed by atoms with E-state index in [2.05, 4.69) is 26.3 Å². The van der Waals surface area contributed by atoms with Crippen molar-refractivity contribution in [3.63, 3.8) is 0 Å². The highest BCUT2D eigenvalue weighted by molar-refractivity contribution is 6.07. The first-order chi connectivity index (χ1) is 14.1. The number of rotatable bonds is 5. The molecule has 0 atom stereocenters. The Bertz CT molecular complexity index is 1050. The number of likely N-dealkylation sites (tertiary alicyclic amines) is 1. The quantitative estimate of drug-likeness (QED) is 0.460. The molecule has 7 heteroatoms. The first-order valence-corrected chi connectivity index (χ1v) is 9.77. The van der Waals surface area contributed by atoms with Crippen LogP contribution in [0.3, 0.4) is 0 Å². The maximum atomic E-state index is 12.4. The summed E-state index contributed by atoms with van der Waals surface area (Å²) in [6, 6.07) is 15.6. The molecule has 0 radical (unpaired) electrons. The summed E-state index contributed by atoms with van der Waals surface area (Å²) < 4.78 is 6.29. The second kappa shape index (κ2) is 8.36. The lowest BCUT2D eigenvalue weighted by atomic mass is 10.2. The molecule has 2 heterocycles. The van der Waals surface area contributed by atoms with E-state index in [-0.39, 0.29) is 11.9 Å². The SMILES string of the molecule is CN=C(N)NC(=O)c1cc2cccc(Oc3ccccc3CN3CCCC3)c2[nH]1. The molecule has 1 aliphatic heterocycles. The van der Waals surface area contributed by atoms with Crippen molar-refractivity contribution in [3.05, 3.63) is 59.8 Å². The van der Waals surface area contributed by atoms with Gasteiger partial charge in [0.1, 0.15) is 11.4 Å². The number of amides is 1. The number of fused-ring (bicyclic) bond motifs is 1. The third-order valence-corrected chi connectivity index (χ3v) is 5.13. The van der Waals surface area contributed by atoms with E-state index in [0.29, 0.717) is 11.4 Å². The van der Waals surface area contributed by atoms with Gasteiger partial charge in [-0.1, -0.05) is 30.3 Å². The first kappa shape index (κ1) is 19.0. The number of aromatic nitrogens is 1. The number of carbonyl (C=O) groups excluding carboxylic acids is 1. The van der Waals surface area contributed by atoms with Crippen LogP contribution in [0.15, 0.2) is 53.5 Å². The Hall–Kier alpha value is -3.32. The van der Waals surface area contributed by atoms with Crippen LogP contribution in [0.25, 0.3) is 10.9 Å². The molecule has 4 N–H and O–H groups in total. The highest BCUT2D eigenvalue weighted by Gasteiger charge is 2.16. The molecule has 150 valence electrons. The van der Waals surface area contributed by atoms with E-state index in [4.69, 9.17) is 10.5 Å². The molecule has 0 bridgehead atoms. The van der Waals surface area contributed by atoms with Gasteiger partial charge in [-0.15, -0.1) is 0 Å². The van der Waals surface area contributed by atoms with Crippen molar-refractivity contribution in [3.8, 4) is 11.5 Å². The topological polar surface area (TPSA) is 95.7 Å². The van der Waals surface area contributed by atoms with E-state index >= 15 is 0 Å². The predicted molar refractivity (Wildman–Crippen MR) is 114 cm³/mol. The lowest BCUT2D eigenvalue weighted by Crippen LogP contribution is -2.36. The van der Waals surface area contributed by atoms with Crippen LogP contribution in [0.5, 0.6) is 11.5 Å². The number of hydrogen-bond acceptors (Lipinski definition) is 4. The van der Waals surface area contributed by atoms with Gasteiger partial charge in [0.25, 0.3) is 5.91 Å². The fourth-order valence-electron chi connectivity index (χ4n) is 3.61. The first-order valence-electron chi connectivity index (χ1n) is 9.77. The zero-order valence-electron chi connectivity index (χ0n) is 16.4. The average molecular weight is 391 g/mol. The highest BCUT2D eigenvalue weighted by Crippen LogP contribution is 2.32. The third-order valence-electron chi connectivity index (χ3n) is 5.13. The molecule has 3 aromatic rings. The van der Waals surface area contributed by atoms with Gasteiger partial charge >= 0.3 is 0 Å². The molecule has 29 heavy (non-hydrogen) atoms. The van der Waals surface area contributed by atoms with Gasteiger partial charge in [-0.25, -0.2) is 0 Å². The molecule has 0 aliphatic carbocycles. The Labute approximate surface area is 169 Å². The molecule has 7 nitrogen and oxygen atoms in total. The summed E-state index contributed by atoms with van der Waals surface area (Å²) in [5.74, 6) is 1.23. The number of para-hydroxylation sites is 2. The van der Waals surface area contributed by atoms with E-state index in [9.17, 15) is 4.79 Å². The maximum absolute atomic E-state index is 12.4. The Balaban J connectivity index is 1.61. The van der Waals surface area contributed by atoms with Gasteiger partial charge in [0, 0.05) is 24.5 Å². The Morgan fingerprint density at radius 3 is 2.72 bits per heavy atom. The van der Waals surface area contributed by atoms with Crippen molar-refractivity contribution in [2.45, 2.75) is 19.4 Å². The molecule has 1 saturated heterocycles. The molecule has 0 unspecified atom stereocenters. The number of aromatic amines is 1. The maximum Gasteiger partial charge on any atom is 0.274 e. The van der Waals surface area contributed by atoms with Crippen molar-refractivity contribution in [1.29, 1.82) is 0 Å². The zero-order chi connectivity index (χ0) is 20.2. The summed E-state index contributed by atoms with van der Waals surface area (Å²) in [5.41, 5.74) is 7.91. The molecule has 0 saturated carbocycles. The van der Waals surface area contributed by atoms with Crippen molar-refractivity contribution in [1.82, 2.24) is 15.2 Å². The molecule has 4 rings (SSSR count). The summed E-state index contributed by atoms with van der Waals surface area (Å²) in [4.78, 5) is 21.7. The molecule has 1 amide bonds. The van der Waals surface area contributed by atoms with E-state index in [0.717, 1.165) is 41.9 Å². The van der Waals surface area contributed by atoms with Crippen LogP contribution in [0.2, 0.25) is 0 Å². The fraction of sp³-hybridized carbons (Fsp3) is 0.273. The van der Waals surface area contributed by atoms with Gasteiger partial charge in [-0.2, -0.15) is 0 Å². The number of ether oxygens (including phenoxy) is 1. The van der Waals surface area contributed by atoms with Crippen LogP contribution in [0.4, 0.5) is 0 Å². The Kier molecular flexibility index (Phi) is 5.48. The van der Waals surface area contributed by atoms with Crippen LogP contribution in [-0.2, 0) is 6.54 Å². The number of aliphatic imine (C=N–C) groups is 1. The fourth-order valence-corrected chi connectivity index (χ4v) is 3.61. The number of hydrogen-bond donors (Lipinski definition) is 3. The number of carbonyl (C=O) groups is 1. The molecule has 2 aromatic carbocycles. The van der Waals surface area contributed by atoms with Crippen LogP contribution in [0.1, 0.15) is 28.9 Å². The second-order valence-corrected chi connectivity index (χ2v) is 7.16. The summed E-state index contributed by atoms with van der Waals surface area (Å²) >= 11 is 0. The summed E-state index contributed by atoms with van der Waals surface area (Å²) in [5, 5.41) is 3.42. The van der Waals surface area contributed by atoms with Crippen molar-refractivity contribution in [2.75, 3.05) is 20.1 Å². The molecule has 1 aliphatic rings. The van der Waals surface area contributed by atoms with Crippen LogP contribution >= 0.6 is 0 Å². The van der Waals surface area contributed by atoms with E-state index in [1.807, 2.05) is 36.4 Å². The van der Waals surface area contributed by atoms with Crippen molar-refractivity contribution >= 4 is 22.8 Å². The van der Waals surface area contributed by atoms with E-state index in [1.54, 1.807) is 6.07 Å². The summed E-state index contributed by atoms with van der Waals surface area (Å²) in [6.07, 6.45) is 2.51. The van der Waals surface area contributed by atoms with Crippen molar-refractivity contribution in [2.24, 2.45) is 10.7 Å². The number of nitrogens with zero attached hydrogens (tertiary/aromatic N) is 2. The van der Waals surface area contributed by atoms with Crippen LogP contribution in [-0.4, -0.2) is 41.9 Å². The number of nitrogens with one attached hydrogen (secondary N) is 2. The molecular weight excluding hydrogens is 366 g/mol. The largest absolute Gasteiger partial charge is 0.455 e. The number of H-pyrrole nitrogens is 1. The number of benzene rings is 2. The van der Waals surface area contributed by atoms with Gasteiger partial charge in [0.15, 0.2) is 11.7 Å². The lowest BCUT2D eigenvalue weighted by Gasteiger charge is -2.17. The van der Waals surface area contributed by atoms with Gasteiger partial charge < -0.3 is 15.5 Å². The van der Waals surface area contributed by atoms with Gasteiger partial charge in [-0.05, 0) is 44.1 Å². The third kappa shape index (κ3) is 4.25. The van der Waals surface area contributed by atoms with E-state index in [1.165, 1.54) is 19.9 Å². The summed E-state index contributed by atoms with van der Waals surface area (Å²) in [7, 11) is 1.52. The van der Waals surface area contributed by atoms with Gasteiger partial charge in [0.05, 0.1) is 5.52 Å². The Morgan fingerprint density at radius 1 is 1.17 bits per heavy atom. The van der Waals surface area contributed by atoms with Gasteiger partial charge in [0.2, 0.25) is 0 Å². The lowest BCUT2D eigenvalue weighted by molar-refractivity contribution is 0.0972. The number of nitrogens with two attached hydrogens (primary N) is 1. The molecule has 1 aromatic heterocycles. The Morgan fingerprint density at radius 2 is 1.93 bits per heavy atom. The van der Waals surface area contributed by atoms with Crippen LogP contribution in [0, 0.1) is 0 Å². The summed E-state index contributed by atoms with van der Waals surface area (Å²) in [6.45, 7) is 3.13. The minimum Gasteiger partial charge on any atom is -0.455 e. The van der Waals surface area contributed by atoms with Gasteiger partial charge in [-0.3, -0.25) is 20.0 Å². The standard InChI is InChI=1S/C22H25N5O2/c1-24-22(23)26-21(28)17-13-15-8-6-10-19(20(15)25-17)29-18-9-3-2-7-16(18)14-27-11-4-5-12-27/h2-3,6-10,13,25H,4-5,11-12,14H2,1H3,(H3,23,24,26,28). The minimum absolute atomic E-state index is 0.0703. The molecule has 0 spiro atoms. The number of guanidine groups is 1. The second-order valence-electron chi connectivity index (χ2n) is 7.16. The molecular formula is C22H25N5O2. The minimum atomic E-state index is -0.343. The van der Waals surface area contributed by atoms with Crippen LogP contribution < -0.4 is 15.8 Å².